The minimum atomic E-state index is 0.444. The standard InChI is InChI=1S/C13H17ClN4/c1-9(2)16-7-11-6-12(14)13(17-8-11)18-5-4-15-10(18)3/h4-6,8-9,16H,7H2,1-3H3. The molecule has 4 nitrogen and oxygen atoms in total. The van der Waals surface area contributed by atoms with Crippen LogP contribution in [0.1, 0.15) is 25.2 Å². The first-order chi connectivity index (χ1) is 8.58. The number of imidazole rings is 1. The van der Waals surface area contributed by atoms with Crippen LogP contribution < -0.4 is 5.32 Å². The third kappa shape index (κ3) is 2.89. The summed E-state index contributed by atoms with van der Waals surface area (Å²) in [4.78, 5) is 8.58. The van der Waals surface area contributed by atoms with Crippen molar-refractivity contribution in [2.45, 2.75) is 33.4 Å². The number of halogens is 1. The SMILES string of the molecule is Cc1nccn1-c1ncc(CNC(C)C)cc1Cl. The summed E-state index contributed by atoms with van der Waals surface area (Å²) < 4.78 is 1.88. The third-order valence-corrected chi connectivity index (χ3v) is 2.92. The van der Waals surface area contributed by atoms with Crippen LogP contribution >= 0.6 is 11.6 Å². The van der Waals surface area contributed by atoms with Gasteiger partial charge in [0.1, 0.15) is 5.82 Å². The molecule has 0 aliphatic rings. The molecule has 0 unspecified atom stereocenters. The Morgan fingerprint density at radius 3 is 2.72 bits per heavy atom. The molecule has 0 radical (unpaired) electrons. The molecule has 0 bridgehead atoms. The number of hydrogen-bond donors (Lipinski definition) is 1. The van der Waals surface area contributed by atoms with Crippen molar-refractivity contribution in [3.63, 3.8) is 0 Å². The van der Waals surface area contributed by atoms with E-state index >= 15 is 0 Å². The Hall–Kier alpha value is -1.39. The summed E-state index contributed by atoms with van der Waals surface area (Å²) in [6, 6.07) is 2.39. The van der Waals surface area contributed by atoms with Crippen LogP contribution in [0.4, 0.5) is 0 Å². The largest absolute Gasteiger partial charge is 0.310 e. The van der Waals surface area contributed by atoms with E-state index in [1.165, 1.54) is 0 Å². The summed E-state index contributed by atoms with van der Waals surface area (Å²) in [5, 5.41) is 3.97. The monoisotopic (exact) mass is 264 g/mol. The fraction of sp³-hybridized carbons (Fsp3) is 0.385. The first-order valence-corrected chi connectivity index (χ1v) is 6.34. The Balaban J connectivity index is 2.23. The Kier molecular flexibility index (Phi) is 3.99. The molecule has 2 aromatic heterocycles. The van der Waals surface area contributed by atoms with E-state index < -0.39 is 0 Å². The number of aryl methyl sites for hydroxylation is 1. The second-order valence-corrected chi connectivity index (χ2v) is 4.94. The average Bonchev–Trinajstić information content (AvgIpc) is 2.73. The lowest BCUT2D eigenvalue weighted by Crippen LogP contribution is -2.22. The van der Waals surface area contributed by atoms with Crippen molar-refractivity contribution in [1.29, 1.82) is 0 Å². The molecule has 0 atom stereocenters. The first kappa shape index (κ1) is 13.1. The Morgan fingerprint density at radius 1 is 1.39 bits per heavy atom. The van der Waals surface area contributed by atoms with Gasteiger partial charge >= 0.3 is 0 Å². The highest BCUT2D eigenvalue weighted by atomic mass is 35.5. The molecule has 0 saturated heterocycles. The van der Waals surface area contributed by atoms with Gasteiger partial charge < -0.3 is 5.32 Å². The van der Waals surface area contributed by atoms with Gasteiger partial charge in [-0.15, -0.1) is 0 Å². The van der Waals surface area contributed by atoms with Crippen molar-refractivity contribution in [2.75, 3.05) is 0 Å². The molecule has 0 amide bonds. The van der Waals surface area contributed by atoms with Gasteiger partial charge in [0.25, 0.3) is 0 Å². The summed E-state index contributed by atoms with van der Waals surface area (Å²) in [7, 11) is 0. The molecule has 2 heterocycles. The fourth-order valence-electron chi connectivity index (χ4n) is 1.67. The highest BCUT2D eigenvalue weighted by Gasteiger charge is 2.08. The van der Waals surface area contributed by atoms with E-state index in [1.54, 1.807) is 6.20 Å². The molecule has 0 fully saturated rings. The normalized spacial score (nSPS) is 11.2. The topological polar surface area (TPSA) is 42.7 Å². The molecule has 2 aromatic rings. The van der Waals surface area contributed by atoms with E-state index in [1.807, 2.05) is 30.0 Å². The van der Waals surface area contributed by atoms with E-state index in [0.717, 1.165) is 23.8 Å². The lowest BCUT2D eigenvalue weighted by Gasteiger charge is -2.10. The highest BCUT2D eigenvalue weighted by Crippen LogP contribution is 2.20. The minimum Gasteiger partial charge on any atom is -0.310 e. The van der Waals surface area contributed by atoms with Crippen molar-refractivity contribution < 1.29 is 0 Å². The molecule has 1 N–H and O–H groups in total. The maximum Gasteiger partial charge on any atom is 0.156 e. The molecule has 0 spiro atoms. The van der Waals surface area contributed by atoms with E-state index in [4.69, 9.17) is 11.6 Å². The molecular formula is C13H17ClN4. The van der Waals surface area contributed by atoms with Crippen molar-refractivity contribution >= 4 is 11.6 Å². The molecule has 0 aliphatic carbocycles. The van der Waals surface area contributed by atoms with Gasteiger partial charge in [0, 0.05) is 31.2 Å². The van der Waals surface area contributed by atoms with Crippen LogP contribution in [0.25, 0.3) is 5.82 Å². The van der Waals surface area contributed by atoms with E-state index in [2.05, 4.69) is 29.1 Å². The summed E-state index contributed by atoms with van der Waals surface area (Å²) in [5.74, 6) is 1.59. The molecule has 18 heavy (non-hydrogen) atoms. The maximum atomic E-state index is 6.27. The summed E-state index contributed by atoms with van der Waals surface area (Å²) in [6.45, 7) is 6.91. The van der Waals surface area contributed by atoms with Crippen LogP contribution in [-0.4, -0.2) is 20.6 Å². The molecule has 0 aromatic carbocycles. The van der Waals surface area contributed by atoms with Gasteiger partial charge in [-0.3, -0.25) is 4.57 Å². The first-order valence-electron chi connectivity index (χ1n) is 5.96. The third-order valence-electron chi connectivity index (χ3n) is 2.65. The second kappa shape index (κ2) is 5.50. The van der Waals surface area contributed by atoms with Crippen LogP contribution in [-0.2, 0) is 6.54 Å². The van der Waals surface area contributed by atoms with Gasteiger partial charge in [-0.2, -0.15) is 0 Å². The molecule has 96 valence electrons. The minimum absolute atomic E-state index is 0.444. The van der Waals surface area contributed by atoms with Gasteiger partial charge in [0.15, 0.2) is 5.82 Å². The predicted molar refractivity (Wildman–Crippen MR) is 73.1 cm³/mol. The number of aromatic nitrogens is 3. The van der Waals surface area contributed by atoms with Crippen LogP contribution in [0.5, 0.6) is 0 Å². The summed E-state index contributed by atoms with van der Waals surface area (Å²) in [5.41, 5.74) is 1.08. The quantitative estimate of drug-likeness (QED) is 0.923. The molecule has 2 rings (SSSR count). The summed E-state index contributed by atoms with van der Waals surface area (Å²) in [6.07, 6.45) is 5.44. The number of hydrogen-bond acceptors (Lipinski definition) is 3. The predicted octanol–water partition coefficient (Wildman–Crippen LogP) is 2.73. The molecule has 5 heteroatoms. The van der Waals surface area contributed by atoms with Gasteiger partial charge in [0.2, 0.25) is 0 Å². The zero-order valence-corrected chi connectivity index (χ0v) is 11.6. The highest BCUT2D eigenvalue weighted by molar-refractivity contribution is 6.32. The Labute approximate surface area is 112 Å². The number of pyridine rings is 1. The summed E-state index contributed by atoms with van der Waals surface area (Å²) >= 11 is 6.27. The number of nitrogens with zero attached hydrogens (tertiary/aromatic N) is 3. The second-order valence-electron chi connectivity index (χ2n) is 4.53. The van der Waals surface area contributed by atoms with Crippen molar-refractivity contribution in [3.8, 4) is 5.82 Å². The molecule has 0 aliphatic heterocycles. The van der Waals surface area contributed by atoms with Crippen LogP contribution in [0.3, 0.4) is 0 Å². The number of rotatable bonds is 4. The zero-order chi connectivity index (χ0) is 13.1. The average molecular weight is 265 g/mol. The van der Waals surface area contributed by atoms with Crippen LogP contribution in [0, 0.1) is 6.92 Å². The van der Waals surface area contributed by atoms with Gasteiger partial charge in [-0.05, 0) is 18.6 Å². The van der Waals surface area contributed by atoms with Crippen molar-refractivity contribution in [3.05, 3.63) is 41.1 Å². The van der Waals surface area contributed by atoms with Gasteiger partial charge in [-0.25, -0.2) is 9.97 Å². The zero-order valence-electron chi connectivity index (χ0n) is 10.8. The molecular weight excluding hydrogens is 248 g/mol. The lowest BCUT2D eigenvalue weighted by atomic mass is 10.2. The maximum absolute atomic E-state index is 6.27. The Morgan fingerprint density at radius 2 is 2.17 bits per heavy atom. The van der Waals surface area contributed by atoms with E-state index in [9.17, 15) is 0 Å². The smallest absolute Gasteiger partial charge is 0.156 e. The lowest BCUT2D eigenvalue weighted by molar-refractivity contribution is 0.588. The van der Waals surface area contributed by atoms with Crippen molar-refractivity contribution in [1.82, 2.24) is 19.9 Å². The number of nitrogens with one attached hydrogen (secondary N) is 1. The Bertz CT molecular complexity index is 534. The fourth-order valence-corrected chi connectivity index (χ4v) is 1.95. The van der Waals surface area contributed by atoms with Crippen LogP contribution in [0.15, 0.2) is 24.7 Å². The van der Waals surface area contributed by atoms with Crippen molar-refractivity contribution in [2.24, 2.45) is 0 Å². The van der Waals surface area contributed by atoms with Gasteiger partial charge in [-0.1, -0.05) is 25.4 Å². The molecule has 0 saturated carbocycles. The van der Waals surface area contributed by atoms with Gasteiger partial charge in [0.05, 0.1) is 5.02 Å². The van der Waals surface area contributed by atoms with E-state index in [0.29, 0.717) is 11.1 Å². The van der Waals surface area contributed by atoms with Crippen LogP contribution in [0.2, 0.25) is 5.02 Å². The van der Waals surface area contributed by atoms with E-state index in [-0.39, 0.29) is 0 Å².